The molecule has 140 valence electrons. The second kappa shape index (κ2) is 10.4. The number of sulfonamides is 1. The summed E-state index contributed by atoms with van der Waals surface area (Å²) >= 11 is 1.49. The van der Waals surface area contributed by atoms with E-state index in [4.69, 9.17) is 5.11 Å². The Morgan fingerprint density at radius 3 is 2.44 bits per heavy atom. The first-order valence-electron chi connectivity index (χ1n) is 7.88. The minimum Gasteiger partial charge on any atom is -0.480 e. The lowest BCUT2D eigenvalue weighted by molar-refractivity contribution is -0.145. The van der Waals surface area contributed by atoms with E-state index in [1.165, 1.54) is 28.8 Å². The van der Waals surface area contributed by atoms with Crippen molar-refractivity contribution in [2.24, 2.45) is 0 Å². The largest absolute Gasteiger partial charge is 0.480 e. The fourth-order valence-electron chi connectivity index (χ4n) is 2.24. The van der Waals surface area contributed by atoms with Crippen LogP contribution in [0, 0.1) is 0 Å². The van der Waals surface area contributed by atoms with E-state index in [0.29, 0.717) is 12.2 Å². The van der Waals surface area contributed by atoms with Crippen LogP contribution in [0.5, 0.6) is 0 Å². The normalized spacial score (nSPS) is 12.6. The lowest BCUT2D eigenvalue weighted by Crippen LogP contribution is -2.50. The van der Waals surface area contributed by atoms with Crippen LogP contribution in [0.15, 0.2) is 35.2 Å². The molecule has 0 bridgehead atoms. The van der Waals surface area contributed by atoms with Gasteiger partial charge in [-0.1, -0.05) is 25.1 Å². The van der Waals surface area contributed by atoms with Gasteiger partial charge in [-0.25, -0.2) is 8.42 Å². The van der Waals surface area contributed by atoms with Crippen LogP contribution in [0.4, 0.5) is 0 Å². The maximum absolute atomic E-state index is 12.7. The molecule has 1 rings (SSSR count). The van der Waals surface area contributed by atoms with Gasteiger partial charge >= 0.3 is 5.97 Å². The number of thioether (sulfide) groups is 1. The molecule has 0 aliphatic heterocycles. The van der Waals surface area contributed by atoms with E-state index >= 15 is 0 Å². The van der Waals surface area contributed by atoms with Gasteiger partial charge in [0.2, 0.25) is 15.9 Å². The number of aliphatic carboxylic acids is 1. The fraction of sp³-hybridized carbons (Fsp3) is 0.500. The van der Waals surface area contributed by atoms with Gasteiger partial charge in [0, 0.05) is 6.54 Å². The maximum atomic E-state index is 12.7. The van der Waals surface area contributed by atoms with Crippen LogP contribution in [0.25, 0.3) is 0 Å². The SMILES string of the molecule is CCCN(CC(=O)O)C(=O)C(CCSC)NS(=O)(=O)c1ccccc1. The van der Waals surface area contributed by atoms with Crippen LogP contribution >= 0.6 is 11.8 Å². The summed E-state index contributed by atoms with van der Waals surface area (Å²) in [6.45, 7) is 1.64. The first kappa shape index (κ1) is 21.5. The van der Waals surface area contributed by atoms with Crippen molar-refractivity contribution in [3.63, 3.8) is 0 Å². The molecular formula is C16H24N2O5S2. The molecule has 1 aromatic carbocycles. The highest BCUT2D eigenvalue weighted by Crippen LogP contribution is 2.12. The van der Waals surface area contributed by atoms with Crippen LogP contribution in [0.3, 0.4) is 0 Å². The number of nitrogens with one attached hydrogen (secondary N) is 1. The molecule has 0 fully saturated rings. The molecule has 0 aromatic heterocycles. The Hall–Kier alpha value is -1.58. The van der Waals surface area contributed by atoms with Crippen molar-refractivity contribution in [3.8, 4) is 0 Å². The highest BCUT2D eigenvalue weighted by Gasteiger charge is 2.29. The van der Waals surface area contributed by atoms with E-state index in [-0.39, 0.29) is 17.9 Å². The van der Waals surface area contributed by atoms with Gasteiger partial charge in [-0.05, 0) is 37.0 Å². The first-order valence-corrected chi connectivity index (χ1v) is 10.8. The van der Waals surface area contributed by atoms with E-state index in [1.807, 2.05) is 13.2 Å². The molecule has 0 spiro atoms. The van der Waals surface area contributed by atoms with Crippen molar-refractivity contribution in [2.45, 2.75) is 30.7 Å². The number of carboxylic acids is 1. The second-order valence-corrected chi connectivity index (χ2v) is 8.12. The monoisotopic (exact) mass is 388 g/mol. The summed E-state index contributed by atoms with van der Waals surface area (Å²) in [5.41, 5.74) is 0. The van der Waals surface area contributed by atoms with E-state index in [2.05, 4.69) is 4.72 Å². The minimum atomic E-state index is -3.87. The number of nitrogens with zero attached hydrogens (tertiary/aromatic N) is 1. The molecule has 0 saturated heterocycles. The molecule has 0 aliphatic carbocycles. The molecule has 9 heteroatoms. The van der Waals surface area contributed by atoms with Gasteiger partial charge in [-0.15, -0.1) is 0 Å². The highest BCUT2D eigenvalue weighted by atomic mass is 32.2. The van der Waals surface area contributed by atoms with Crippen LogP contribution in [0.2, 0.25) is 0 Å². The molecule has 2 N–H and O–H groups in total. The number of amides is 1. The number of hydrogen-bond acceptors (Lipinski definition) is 5. The zero-order valence-corrected chi connectivity index (χ0v) is 16.0. The summed E-state index contributed by atoms with van der Waals surface area (Å²) in [4.78, 5) is 25.0. The third-order valence-corrected chi connectivity index (χ3v) is 5.52. The van der Waals surface area contributed by atoms with Gasteiger partial charge in [-0.3, -0.25) is 9.59 Å². The number of carbonyl (C=O) groups is 2. The maximum Gasteiger partial charge on any atom is 0.323 e. The predicted molar refractivity (Wildman–Crippen MR) is 98.1 cm³/mol. The van der Waals surface area contributed by atoms with Crippen LogP contribution < -0.4 is 4.72 Å². The Morgan fingerprint density at radius 2 is 1.92 bits per heavy atom. The van der Waals surface area contributed by atoms with Crippen molar-refractivity contribution < 1.29 is 23.1 Å². The van der Waals surface area contributed by atoms with Gasteiger partial charge in [-0.2, -0.15) is 16.5 Å². The Bertz CT molecular complexity index is 664. The van der Waals surface area contributed by atoms with Crippen LogP contribution in [-0.4, -0.2) is 61.4 Å². The van der Waals surface area contributed by atoms with E-state index in [0.717, 1.165) is 0 Å². The van der Waals surface area contributed by atoms with E-state index in [9.17, 15) is 18.0 Å². The van der Waals surface area contributed by atoms with Crippen molar-refractivity contribution in [3.05, 3.63) is 30.3 Å². The minimum absolute atomic E-state index is 0.0669. The Kier molecular flexibility index (Phi) is 8.95. The standard InChI is InChI=1S/C16H24N2O5S2/c1-3-10-18(12-15(19)20)16(21)14(9-11-24-2)17-25(22,23)13-7-5-4-6-8-13/h4-8,14,17H,3,9-12H2,1-2H3,(H,19,20). The van der Waals surface area contributed by atoms with Crippen LogP contribution in [0.1, 0.15) is 19.8 Å². The highest BCUT2D eigenvalue weighted by molar-refractivity contribution is 7.98. The smallest absolute Gasteiger partial charge is 0.323 e. The molecule has 0 saturated carbocycles. The number of hydrogen-bond donors (Lipinski definition) is 2. The number of carboxylic acid groups (broad SMARTS) is 1. The van der Waals surface area contributed by atoms with Gasteiger partial charge in [0.25, 0.3) is 0 Å². The topological polar surface area (TPSA) is 104 Å². The summed E-state index contributed by atoms with van der Waals surface area (Å²) in [6, 6.07) is 6.79. The van der Waals surface area contributed by atoms with Crippen molar-refractivity contribution >= 4 is 33.7 Å². The summed E-state index contributed by atoms with van der Waals surface area (Å²) in [5, 5.41) is 8.99. The molecular weight excluding hydrogens is 364 g/mol. The lowest BCUT2D eigenvalue weighted by atomic mass is 10.2. The molecule has 0 aliphatic rings. The molecule has 1 amide bonds. The molecule has 7 nitrogen and oxygen atoms in total. The summed E-state index contributed by atoms with van der Waals surface area (Å²) in [7, 11) is -3.87. The third-order valence-electron chi connectivity index (χ3n) is 3.39. The average Bonchev–Trinajstić information content (AvgIpc) is 2.58. The number of benzene rings is 1. The molecule has 1 atom stereocenters. The molecule has 1 aromatic rings. The second-order valence-electron chi connectivity index (χ2n) is 5.42. The zero-order valence-electron chi connectivity index (χ0n) is 14.3. The predicted octanol–water partition coefficient (Wildman–Crippen LogP) is 1.41. The van der Waals surface area contributed by atoms with Crippen molar-refractivity contribution in [2.75, 3.05) is 25.1 Å². The van der Waals surface area contributed by atoms with Gasteiger partial charge in [0.15, 0.2) is 0 Å². The summed E-state index contributed by atoms with van der Waals surface area (Å²) < 4.78 is 27.4. The molecule has 0 radical (unpaired) electrons. The molecule has 0 heterocycles. The van der Waals surface area contributed by atoms with Gasteiger partial charge in [0.05, 0.1) is 4.90 Å². The Morgan fingerprint density at radius 1 is 1.28 bits per heavy atom. The Labute approximate surface area is 152 Å². The van der Waals surface area contributed by atoms with Crippen molar-refractivity contribution in [1.82, 2.24) is 9.62 Å². The number of carbonyl (C=O) groups excluding carboxylic acids is 1. The van der Waals surface area contributed by atoms with Gasteiger partial charge in [0.1, 0.15) is 12.6 Å². The Balaban J connectivity index is 3.02. The fourth-order valence-corrected chi connectivity index (χ4v) is 3.96. The van der Waals surface area contributed by atoms with Crippen molar-refractivity contribution in [1.29, 1.82) is 0 Å². The quantitative estimate of drug-likeness (QED) is 0.594. The summed E-state index contributed by atoms with van der Waals surface area (Å²) in [5.74, 6) is -1.07. The zero-order chi connectivity index (χ0) is 18.9. The molecule has 25 heavy (non-hydrogen) atoms. The average molecular weight is 389 g/mol. The first-order chi connectivity index (χ1) is 11.8. The van der Waals surface area contributed by atoms with Gasteiger partial charge < -0.3 is 10.0 Å². The van der Waals surface area contributed by atoms with E-state index in [1.54, 1.807) is 18.2 Å². The molecule has 1 unspecified atom stereocenters. The summed E-state index contributed by atoms with van der Waals surface area (Å²) in [6.07, 6.45) is 2.72. The van der Waals surface area contributed by atoms with E-state index < -0.39 is 34.5 Å². The van der Waals surface area contributed by atoms with Crippen LogP contribution in [-0.2, 0) is 19.6 Å². The third kappa shape index (κ3) is 7.05. The lowest BCUT2D eigenvalue weighted by Gasteiger charge is -2.26. The number of rotatable bonds is 11.